The summed E-state index contributed by atoms with van der Waals surface area (Å²) in [6.45, 7) is 0. The average molecular weight is 553 g/mol. The van der Waals surface area contributed by atoms with Crippen LogP contribution in [0.1, 0.15) is 0 Å². The predicted octanol–water partition coefficient (Wildman–Crippen LogP) is 11.2. The van der Waals surface area contributed by atoms with Crippen LogP contribution >= 0.6 is 0 Å². The monoisotopic (exact) mass is 552 g/mol. The molecule has 202 valence electrons. The van der Waals surface area contributed by atoms with E-state index >= 15 is 0 Å². The second-order valence-electron chi connectivity index (χ2n) is 10.9. The molecule has 0 spiro atoms. The highest BCUT2D eigenvalue weighted by Crippen LogP contribution is 2.44. The highest BCUT2D eigenvalue weighted by molar-refractivity contribution is 6.14. The van der Waals surface area contributed by atoms with Crippen molar-refractivity contribution in [2.24, 2.45) is 0 Å². The molecule has 0 N–H and O–H groups in total. The summed E-state index contributed by atoms with van der Waals surface area (Å²) in [5, 5.41) is 6.54. The number of aromatic nitrogens is 1. The molecule has 0 saturated carbocycles. The molecule has 0 aliphatic heterocycles. The lowest BCUT2D eigenvalue weighted by molar-refractivity contribution is 0.669. The Hall–Kier alpha value is -5.87. The van der Waals surface area contributed by atoms with Gasteiger partial charge in [-0.15, -0.1) is 0 Å². The van der Waals surface area contributed by atoms with Crippen molar-refractivity contribution >= 4 is 71.7 Å². The van der Waals surface area contributed by atoms with Crippen LogP contribution < -0.4 is 4.90 Å². The predicted molar refractivity (Wildman–Crippen MR) is 176 cm³/mol. The lowest BCUT2D eigenvalue weighted by Crippen LogP contribution is -2.10. The van der Waals surface area contributed by atoms with Gasteiger partial charge in [-0.05, 0) is 77.2 Å². The summed E-state index contributed by atoms with van der Waals surface area (Å²) in [5.41, 5.74) is 8.82. The fraction of sp³-hybridized carbons (Fsp3) is 0. The van der Waals surface area contributed by atoms with Crippen molar-refractivity contribution in [2.75, 3.05) is 4.90 Å². The second kappa shape index (κ2) is 9.33. The number of hydrogen-bond acceptors (Lipinski definition) is 4. The SMILES string of the molecule is c1ccc(-c2ccc(N(c3ccc4oc5ccccc5c4c3)c3cccc4c3oc3cc5cnccc5cc34)cc2)cc1. The van der Waals surface area contributed by atoms with E-state index in [0.717, 1.165) is 71.7 Å². The molecule has 0 fully saturated rings. The van der Waals surface area contributed by atoms with Gasteiger partial charge >= 0.3 is 0 Å². The molecule has 9 aromatic rings. The van der Waals surface area contributed by atoms with Gasteiger partial charge in [0.15, 0.2) is 5.58 Å². The summed E-state index contributed by atoms with van der Waals surface area (Å²) >= 11 is 0. The van der Waals surface area contributed by atoms with Gasteiger partial charge in [-0.25, -0.2) is 0 Å². The number of benzene rings is 6. The third-order valence-electron chi connectivity index (χ3n) is 8.33. The molecule has 0 bridgehead atoms. The highest BCUT2D eigenvalue weighted by Gasteiger charge is 2.21. The van der Waals surface area contributed by atoms with Crippen molar-refractivity contribution in [2.45, 2.75) is 0 Å². The van der Waals surface area contributed by atoms with E-state index in [1.54, 1.807) is 0 Å². The summed E-state index contributed by atoms with van der Waals surface area (Å²) in [6, 6.07) is 46.5. The Labute approximate surface area is 247 Å². The highest BCUT2D eigenvalue weighted by atomic mass is 16.3. The van der Waals surface area contributed by atoms with Gasteiger partial charge in [0.2, 0.25) is 0 Å². The van der Waals surface area contributed by atoms with Crippen LogP contribution in [0, 0.1) is 0 Å². The van der Waals surface area contributed by atoms with Gasteiger partial charge < -0.3 is 13.7 Å². The first-order valence-electron chi connectivity index (χ1n) is 14.4. The van der Waals surface area contributed by atoms with Crippen LogP contribution in [0.5, 0.6) is 0 Å². The van der Waals surface area contributed by atoms with Gasteiger partial charge in [-0.2, -0.15) is 0 Å². The number of rotatable bonds is 4. The van der Waals surface area contributed by atoms with E-state index in [0.29, 0.717) is 0 Å². The largest absolute Gasteiger partial charge is 0.456 e. The molecule has 9 rings (SSSR count). The number of hydrogen-bond donors (Lipinski definition) is 0. The molecular formula is C39H24N2O2. The maximum atomic E-state index is 6.66. The summed E-state index contributed by atoms with van der Waals surface area (Å²) in [5.74, 6) is 0. The maximum Gasteiger partial charge on any atom is 0.159 e. The average Bonchev–Trinajstić information content (AvgIpc) is 3.62. The van der Waals surface area contributed by atoms with E-state index in [-0.39, 0.29) is 0 Å². The Kier molecular flexibility index (Phi) is 5.16. The zero-order valence-electron chi connectivity index (χ0n) is 23.1. The molecule has 0 saturated heterocycles. The van der Waals surface area contributed by atoms with Crippen molar-refractivity contribution in [3.05, 3.63) is 146 Å². The Morgan fingerprint density at radius 3 is 2.12 bits per heavy atom. The van der Waals surface area contributed by atoms with Gasteiger partial charge in [-0.3, -0.25) is 4.98 Å². The third-order valence-corrected chi connectivity index (χ3v) is 8.33. The summed E-state index contributed by atoms with van der Waals surface area (Å²) in [7, 11) is 0. The fourth-order valence-electron chi connectivity index (χ4n) is 6.25. The molecule has 0 amide bonds. The van der Waals surface area contributed by atoms with Crippen LogP contribution in [0.3, 0.4) is 0 Å². The molecule has 4 heteroatoms. The molecule has 3 aromatic heterocycles. The first kappa shape index (κ1) is 23.8. The zero-order chi connectivity index (χ0) is 28.3. The van der Waals surface area contributed by atoms with E-state index in [2.05, 4.69) is 119 Å². The standard InChI is InChI=1S/C39H24N2O2/c1-2-7-25(8-3-1)26-13-15-29(16-14-26)41(30-17-18-37-34(23-30)31-9-4-5-12-36(31)42-37)35-11-6-10-32-33-21-27-19-20-40-24-28(27)22-38(33)43-39(32)35/h1-24H. The van der Waals surface area contributed by atoms with Crippen molar-refractivity contribution in [3.8, 4) is 11.1 Å². The van der Waals surface area contributed by atoms with Crippen molar-refractivity contribution in [1.29, 1.82) is 0 Å². The third kappa shape index (κ3) is 3.81. The quantitative estimate of drug-likeness (QED) is 0.218. The maximum absolute atomic E-state index is 6.66. The number of pyridine rings is 1. The molecule has 0 radical (unpaired) electrons. The van der Waals surface area contributed by atoms with E-state index in [4.69, 9.17) is 8.83 Å². The van der Waals surface area contributed by atoms with Crippen LogP contribution in [0.2, 0.25) is 0 Å². The van der Waals surface area contributed by atoms with Gasteiger partial charge in [-0.1, -0.05) is 72.8 Å². The minimum atomic E-state index is 0.838. The number of para-hydroxylation sites is 2. The van der Waals surface area contributed by atoms with Crippen LogP contribution in [0.15, 0.2) is 155 Å². The zero-order valence-corrected chi connectivity index (χ0v) is 23.1. The van der Waals surface area contributed by atoms with Gasteiger partial charge in [0.25, 0.3) is 0 Å². The van der Waals surface area contributed by atoms with E-state index in [1.165, 1.54) is 11.1 Å². The first-order chi connectivity index (χ1) is 21.3. The van der Waals surface area contributed by atoms with Gasteiger partial charge in [0, 0.05) is 50.7 Å². The van der Waals surface area contributed by atoms with Crippen LogP contribution in [-0.4, -0.2) is 4.98 Å². The smallest absolute Gasteiger partial charge is 0.159 e. The van der Waals surface area contributed by atoms with Gasteiger partial charge in [0.1, 0.15) is 16.7 Å². The molecular weight excluding hydrogens is 528 g/mol. The molecule has 0 unspecified atom stereocenters. The van der Waals surface area contributed by atoms with E-state index in [9.17, 15) is 0 Å². The number of nitrogens with zero attached hydrogens (tertiary/aromatic N) is 2. The number of anilines is 3. The minimum Gasteiger partial charge on any atom is -0.456 e. The van der Waals surface area contributed by atoms with Crippen LogP contribution in [0.4, 0.5) is 17.1 Å². The molecule has 0 aliphatic rings. The van der Waals surface area contributed by atoms with E-state index in [1.807, 2.05) is 36.7 Å². The lowest BCUT2D eigenvalue weighted by atomic mass is 10.0. The fourth-order valence-corrected chi connectivity index (χ4v) is 6.25. The Morgan fingerprint density at radius 1 is 0.465 bits per heavy atom. The molecule has 3 heterocycles. The molecule has 43 heavy (non-hydrogen) atoms. The summed E-state index contributed by atoms with van der Waals surface area (Å²) < 4.78 is 12.8. The first-order valence-corrected chi connectivity index (χ1v) is 14.4. The lowest BCUT2D eigenvalue weighted by Gasteiger charge is -2.26. The second-order valence-corrected chi connectivity index (χ2v) is 10.9. The summed E-state index contributed by atoms with van der Waals surface area (Å²) in [6.07, 6.45) is 3.71. The normalized spacial score (nSPS) is 11.7. The molecule has 0 aliphatic carbocycles. The molecule has 6 aromatic carbocycles. The molecule has 0 atom stereocenters. The van der Waals surface area contributed by atoms with Crippen LogP contribution in [-0.2, 0) is 0 Å². The number of fused-ring (bicyclic) bond motifs is 7. The van der Waals surface area contributed by atoms with E-state index < -0.39 is 0 Å². The van der Waals surface area contributed by atoms with Crippen molar-refractivity contribution in [3.63, 3.8) is 0 Å². The van der Waals surface area contributed by atoms with Crippen molar-refractivity contribution in [1.82, 2.24) is 4.98 Å². The summed E-state index contributed by atoms with van der Waals surface area (Å²) in [4.78, 5) is 6.59. The van der Waals surface area contributed by atoms with Crippen molar-refractivity contribution < 1.29 is 8.83 Å². The van der Waals surface area contributed by atoms with Crippen LogP contribution in [0.25, 0.3) is 65.8 Å². The Balaban J connectivity index is 1.29. The minimum absolute atomic E-state index is 0.838. The topological polar surface area (TPSA) is 42.4 Å². The number of furan rings is 2. The van der Waals surface area contributed by atoms with Gasteiger partial charge in [0.05, 0.1) is 5.69 Å². The Bertz CT molecular complexity index is 2450. The Morgan fingerprint density at radius 2 is 1.21 bits per heavy atom. The molecule has 4 nitrogen and oxygen atoms in total.